The van der Waals surface area contributed by atoms with E-state index in [0.29, 0.717) is 31.0 Å². The van der Waals surface area contributed by atoms with Crippen molar-refractivity contribution in [3.8, 4) is 0 Å². The second-order valence-electron chi connectivity index (χ2n) is 6.25. The molecular formula is C17H24N6O2. The first kappa shape index (κ1) is 17.2. The Bertz CT molecular complexity index is 825. The minimum absolute atomic E-state index is 0.0384. The molecule has 1 aliphatic rings. The molecule has 1 saturated heterocycles. The molecule has 3 heterocycles. The zero-order valence-electron chi connectivity index (χ0n) is 14.9. The van der Waals surface area contributed by atoms with E-state index < -0.39 is 0 Å². The molecule has 0 bridgehead atoms. The Morgan fingerprint density at radius 2 is 2.24 bits per heavy atom. The van der Waals surface area contributed by atoms with Crippen LogP contribution in [0.25, 0.3) is 0 Å². The fourth-order valence-corrected chi connectivity index (χ4v) is 3.44. The third kappa shape index (κ3) is 3.16. The number of anilines is 1. The lowest BCUT2D eigenvalue weighted by molar-refractivity contribution is 0.0703. The Balaban J connectivity index is 1.85. The van der Waals surface area contributed by atoms with Gasteiger partial charge in [0.05, 0.1) is 5.56 Å². The Kier molecular flexibility index (Phi) is 4.87. The Hall–Kier alpha value is -2.64. The number of carbonyl (C=O) groups excluding carboxylic acids is 1. The highest BCUT2D eigenvalue weighted by Crippen LogP contribution is 2.27. The van der Waals surface area contributed by atoms with Crippen molar-refractivity contribution in [1.82, 2.24) is 24.2 Å². The monoisotopic (exact) mass is 344 g/mol. The summed E-state index contributed by atoms with van der Waals surface area (Å²) in [5.74, 6) is 1.38. The fraction of sp³-hybridized carbons (Fsp3) is 0.529. The molecule has 25 heavy (non-hydrogen) atoms. The quantitative estimate of drug-likeness (QED) is 0.896. The fourth-order valence-electron chi connectivity index (χ4n) is 3.44. The predicted octanol–water partition coefficient (Wildman–Crippen LogP) is 1.06. The number of rotatable bonds is 4. The van der Waals surface area contributed by atoms with E-state index in [9.17, 15) is 9.59 Å². The van der Waals surface area contributed by atoms with Gasteiger partial charge in [-0.2, -0.15) is 5.10 Å². The minimum Gasteiger partial charge on any atom is -0.372 e. The largest absolute Gasteiger partial charge is 0.372 e. The van der Waals surface area contributed by atoms with Crippen molar-refractivity contribution in [1.29, 1.82) is 0 Å². The number of hydrogen-bond acceptors (Lipinski definition) is 5. The molecule has 0 aromatic carbocycles. The summed E-state index contributed by atoms with van der Waals surface area (Å²) < 4.78 is 3.07. The number of likely N-dealkylation sites (tertiary alicyclic amines) is 1. The number of aryl methyl sites for hydroxylation is 1. The SMILES string of the molecule is CCn1c(C2CCCN(C(=O)c3cccnc3NC)C2)nn(C)c1=O. The van der Waals surface area contributed by atoms with E-state index in [0.717, 1.165) is 18.7 Å². The van der Waals surface area contributed by atoms with E-state index in [1.54, 1.807) is 37.0 Å². The van der Waals surface area contributed by atoms with Crippen molar-refractivity contribution in [3.05, 3.63) is 40.2 Å². The van der Waals surface area contributed by atoms with Crippen LogP contribution in [-0.2, 0) is 13.6 Å². The molecule has 0 saturated carbocycles. The number of hydrogen-bond donors (Lipinski definition) is 1. The number of nitrogens with zero attached hydrogens (tertiary/aromatic N) is 5. The number of aromatic nitrogens is 4. The van der Waals surface area contributed by atoms with Crippen molar-refractivity contribution < 1.29 is 4.79 Å². The van der Waals surface area contributed by atoms with Gasteiger partial charge in [0.25, 0.3) is 5.91 Å². The molecular weight excluding hydrogens is 320 g/mol. The van der Waals surface area contributed by atoms with Crippen molar-refractivity contribution >= 4 is 11.7 Å². The maximum Gasteiger partial charge on any atom is 0.345 e. The standard InChI is InChI=1S/C17H24N6O2/c1-4-23-15(20-21(3)17(23)25)12-7-6-10-22(11-12)16(24)13-8-5-9-19-14(13)18-2/h5,8-9,12H,4,6-7,10-11H2,1-3H3,(H,18,19). The molecule has 134 valence electrons. The van der Waals surface area contributed by atoms with E-state index >= 15 is 0 Å². The number of piperidine rings is 1. The van der Waals surface area contributed by atoms with Gasteiger partial charge in [-0.05, 0) is 31.9 Å². The normalized spacial score (nSPS) is 17.6. The van der Waals surface area contributed by atoms with Gasteiger partial charge in [-0.25, -0.2) is 14.5 Å². The van der Waals surface area contributed by atoms with Crippen LogP contribution in [0.1, 0.15) is 41.9 Å². The first-order chi connectivity index (χ1) is 12.1. The molecule has 3 rings (SSSR count). The van der Waals surface area contributed by atoms with Crippen LogP contribution in [0.5, 0.6) is 0 Å². The van der Waals surface area contributed by atoms with Crippen LogP contribution >= 0.6 is 0 Å². The van der Waals surface area contributed by atoms with Gasteiger partial charge in [-0.15, -0.1) is 0 Å². The van der Waals surface area contributed by atoms with Gasteiger partial charge >= 0.3 is 5.69 Å². The summed E-state index contributed by atoms with van der Waals surface area (Å²) in [6.45, 7) is 3.79. The molecule has 2 aromatic heterocycles. The van der Waals surface area contributed by atoms with Gasteiger partial charge in [0.2, 0.25) is 0 Å². The number of amides is 1. The molecule has 2 aromatic rings. The zero-order chi connectivity index (χ0) is 18.0. The van der Waals surface area contributed by atoms with Crippen LogP contribution in [0.15, 0.2) is 23.1 Å². The number of carbonyl (C=O) groups is 1. The summed E-state index contributed by atoms with van der Waals surface area (Å²) in [6.07, 6.45) is 3.47. The average Bonchev–Trinajstić information content (AvgIpc) is 2.95. The second kappa shape index (κ2) is 7.08. The third-order valence-electron chi connectivity index (χ3n) is 4.70. The Labute approximate surface area is 146 Å². The zero-order valence-corrected chi connectivity index (χ0v) is 14.9. The van der Waals surface area contributed by atoms with Crippen molar-refractivity contribution in [2.45, 2.75) is 32.2 Å². The van der Waals surface area contributed by atoms with Gasteiger partial charge in [-0.1, -0.05) is 0 Å². The lowest BCUT2D eigenvalue weighted by atomic mass is 9.96. The van der Waals surface area contributed by atoms with Crippen LogP contribution in [0.4, 0.5) is 5.82 Å². The van der Waals surface area contributed by atoms with E-state index in [4.69, 9.17) is 0 Å². The van der Waals surface area contributed by atoms with E-state index in [-0.39, 0.29) is 17.5 Å². The molecule has 8 heteroatoms. The highest BCUT2D eigenvalue weighted by molar-refractivity contribution is 5.98. The van der Waals surface area contributed by atoms with Crippen LogP contribution in [0, 0.1) is 0 Å². The van der Waals surface area contributed by atoms with Gasteiger partial charge in [-0.3, -0.25) is 9.36 Å². The summed E-state index contributed by atoms with van der Waals surface area (Å²) in [4.78, 5) is 31.1. The van der Waals surface area contributed by atoms with Crippen LogP contribution in [0.2, 0.25) is 0 Å². The molecule has 1 aliphatic heterocycles. The van der Waals surface area contributed by atoms with E-state index in [1.165, 1.54) is 4.68 Å². The minimum atomic E-state index is -0.106. The van der Waals surface area contributed by atoms with Gasteiger partial charge in [0.1, 0.15) is 11.6 Å². The number of nitrogens with one attached hydrogen (secondary N) is 1. The van der Waals surface area contributed by atoms with Crippen molar-refractivity contribution in [3.63, 3.8) is 0 Å². The Morgan fingerprint density at radius 3 is 2.96 bits per heavy atom. The van der Waals surface area contributed by atoms with Gasteiger partial charge in [0, 0.05) is 45.8 Å². The maximum atomic E-state index is 12.9. The predicted molar refractivity (Wildman–Crippen MR) is 94.8 cm³/mol. The first-order valence-corrected chi connectivity index (χ1v) is 8.62. The molecule has 1 atom stereocenters. The molecule has 8 nitrogen and oxygen atoms in total. The lowest BCUT2D eigenvalue weighted by Crippen LogP contribution is -2.40. The molecule has 1 unspecified atom stereocenters. The molecule has 1 N–H and O–H groups in total. The van der Waals surface area contributed by atoms with E-state index in [1.807, 2.05) is 11.8 Å². The summed E-state index contributed by atoms with van der Waals surface area (Å²) >= 11 is 0. The molecule has 0 spiro atoms. The lowest BCUT2D eigenvalue weighted by Gasteiger charge is -2.32. The van der Waals surface area contributed by atoms with E-state index in [2.05, 4.69) is 15.4 Å². The molecule has 0 radical (unpaired) electrons. The highest BCUT2D eigenvalue weighted by atomic mass is 16.2. The highest BCUT2D eigenvalue weighted by Gasteiger charge is 2.30. The molecule has 1 amide bonds. The van der Waals surface area contributed by atoms with Crippen LogP contribution < -0.4 is 11.0 Å². The summed E-state index contributed by atoms with van der Waals surface area (Å²) in [7, 11) is 3.42. The van der Waals surface area contributed by atoms with Gasteiger partial charge < -0.3 is 10.2 Å². The second-order valence-corrected chi connectivity index (χ2v) is 6.25. The average molecular weight is 344 g/mol. The van der Waals surface area contributed by atoms with Crippen molar-refractivity contribution in [2.75, 3.05) is 25.5 Å². The number of pyridine rings is 1. The Morgan fingerprint density at radius 1 is 1.44 bits per heavy atom. The third-order valence-corrected chi connectivity index (χ3v) is 4.70. The van der Waals surface area contributed by atoms with Crippen molar-refractivity contribution in [2.24, 2.45) is 7.05 Å². The summed E-state index contributed by atoms with van der Waals surface area (Å²) in [5.41, 5.74) is 0.463. The van der Waals surface area contributed by atoms with Crippen LogP contribution in [0.3, 0.4) is 0 Å². The molecule has 0 aliphatic carbocycles. The van der Waals surface area contributed by atoms with Gasteiger partial charge in [0.15, 0.2) is 0 Å². The topological polar surface area (TPSA) is 85.1 Å². The maximum absolute atomic E-state index is 12.9. The smallest absolute Gasteiger partial charge is 0.345 e. The first-order valence-electron chi connectivity index (χ1n) is 8.62. The summed E-state index contributed by atoms with van der Waals surface area (Å²) in [6, 6.07) is 3.55. The summed E-state index contributed by atoms with van der Waals surface area (Å²) in [5, 5.41) is 7.38. The molecule has 1 fully saturated rings. The van der Waals surface area contributed by atoms with Crippen LogP contribution in [-0.4, -0.2) is 50.3 Å².